The molecular formula is C10H14N4O4. The molecule has 0 aliphatic heterocycles. The van der Waals surface area contributed by atoms with Crippen molar-refractivity contribution in [2.24, 2.45) is 0 Å². The third kappa shape index (κ3) is 3.30. The SMILES string of the molecule is CC(=O)N(C(=N)C(=N)N(C(C)=O)C(C)=O)C(C)=O. The maximum absolute atomic E-state index is 11.2. The smallest absolute Gasteiger partial charge is 0.231 e. The Labute approximate surface area is 104 Å². The lowest BCUT2D eigenvalue weighted by atomic mass is 10.3. The number of carbonyl (C=O) groups excluding carboxylic acids is 4. The maximum atomic E-state index is 11.2. The third-order valence-corrected chi connectivity index (χ3v) is 1.93. The molecular weight excluding hydrogens is 240 g/mol. The predicted octanol–water partition coefficient (Wildman–Crippen LogP) is -0.269. The van der Waals surface area contributed by atoms with Crippen molar-refractivity contribution in [2.75, 3.05) is 0 Å². The number of hydrogen-bond donors (Lipinski definition) is 2. The summed E-state index contributed by atoms with van der Waals surface area (Å²) in [6.45, 7) is 4.15. The number of hydrogen-bond acceptors (Lipinski definition) is 6. The minimum atomic E-state index is -0.819. The van der Waals surface area contributed by atoms with Crippen LogP contribution < -0.4 is 0 Å². The molecule has 0 aliphatic carbocycles. The molecule has 4 amide bonds. The van der Waals surface area contributed by atoms with Gasteiger partial charge in [-0.1, -0.05) is 0 Å². The van der Waals surface area contributed by atoms with E-state index in [-0.39, 0.29) is 0 Å². The third-order valence-electron chi connectivity index (χ3n) is 1.93. The van der Waals surface area contributed by atoms with E-state index in [4.69, 9.17) is 10.8 Å². The second-order valence-corrected chi connectivity index (χ2v) is 3.44. The molecule has 0 fully saturated rings. The highest BCUT2D eigenvalue weighted by Gasteiger charge is 2.29. The average molecular weight is 254 g/mol. The molecule has 0 spiro atoms. The lowest BCUT2D eigenvalue weighted by Crippen LogP contribution is -2.50. The van der Waals surface area contributed by atoms with E-state index in [2.05, 4.69) is 0 Å². The monoisotopic (exact) mass is 254 g/mol. The predicted molar refractivity (Wildman–Crippen MR) is 61.9 cm³/mol. The van der Waals surface area contributed by atoms with Crippen LogP contribution in [0.4, 0.5) is 0 Å². The summed E-state index contributed by atoms with van der Waals surface area (Å²) in [5, 5.41) is 15.1. The molecule has 0 unspecified atom stereocenters. The van der Waals surface area contributed by atoms with Gasteiger partial charge in [-0.25, -0.2) is 9.80 Å². The van der Waals surface area contributed by atoms with Gasteiger partial charge in [-0.3, -0.25) is 30.0 Å². The van der Waals surface area contributed by atoms with Crippen LogP contribution in [0.15, 0.2) is 0 Å². The van der Waals surface area contributed by atoms with E-state index >= 15 is 0 Å². The second kappa shape index (κ2) is 5.80. The van der Waals surface area contributed by atoms with E-state index in [1.54, 1.807) is 0 Å². The molecule has 0 aromatic carbocycles. The summed E-state index contributed by atoms with van der Waals surface area (Å²) in [4.78, 5) is 45.5. The molecule has 8 heteroatoms. The molecule has 2 N–H and O–H groups in total. The van der Waals surface area contributed by atoms with E-state index in [0.29, 0.717) is 9.80 Å². The molecule has 0 atom stereocenters. The normalized spacial score (nSPS) is 9.33. The molecule has 0 radical (unpaired) electrons. The fourth-order valence-electron chi connectivity index (χ4n) is 1.29. The van der Waals surface area contributed by atoms with E-state index in [1.807, 2.05) is 0 Å². The van der Waals surface area contributed by atoms with Crippen LogP contribution >= 0.6 is 0 Å². The quantitative estimate of drug-likeness (QED) is 0.456. The molecule has 0 aromatic heterocycles. The van der Waals surface area contributed by atoms with Crippen molar-refractivity contribution in [3.05, 3.63) is 0 Å². The zero-order valence-electron chi connectivity index (χ0n) is 10.5. The minimum Gasteiger partial charge on any atom is -0.281 e. The van der Waals surface area contributed by atoms with Gasteiger partial charge in [-0.15, -0.1) is 0 Å². The highest BCUT2D eigenvalue weighted by molar-refractivity contribution is 6.47. The minimum absolute atomic E-state index is 0.404. The van der Waals surface area contributed by atoms with Crippen molar-refractivity contribution in [3.8, 4) is 0 Å². The summed E-state index contributed by atoms with van der Waals surface area (Å²) in [5.74, 6) is -4.73. The molecule has 18 heavy (non-hydrogen) atoms. The Bertz CT molecular complexity index is 385. The second-order valence-electron chi connectivity index (χ2n) is 3.44. The number of imide groups is 2. The van der Waals surface area contributed by atoms with Gasteiger partial charge >= 0.3 is 0 Å². The number of rotatable bonds is 0. The van der Waals surface area contributed by atoms with Gasteiger partial charge < -0.3 is 0 Å². The van der Waals surface area contributed by atoms with Crippen LogP contribution in [0.25, 0.3) is 0 Å². The van der Waals surface area contributed by atoms with E-state index < -0.39 is 35.3 Å². The Kier molecular flexibility index (Phi) is 5.03. The van der Waals surface area contributed by atoms with Crippen molar-refractivity contribution in [2.45, 2.75) is 27.7 Å². The van der Waals surface area contributed by atoms with Crippen molar-refractivity contribution >= 4 is 35.3 Å². The standard InChI is InChI=1S/C10H14N4O4/c1-5(15)13(6(2)16)9(11)10(12)14(7(3)17)8(4)18/h11-12H,1-4H3. The number of carbonyl (C=O) groups is 4. The van der Waals surface area contributed by atoms with Crippen molar-refractivity contribution in [3.63, 3.8) is 0 Å². The highest BCUT2D eigenvalue weighted by atomic mass is 16.2. The summed E-state index contributed by atoms with van der Waals surface area (Å²) in [6.07, 6.45) is 0. The van der Waals surface area contributed by atoms with Gasteiger partial charge in [0, 0.05) is 27.7 Å². The van der Waals surface area contributed by atoms with Crippen LogP contribution in [-0.4, -0.2) is 45.1 Å². The molecule has 8 nitrogen and oxygen atoms in total. The van der Waals surface area contributed by atoms with Gasteiger partial charge in [0.05, 0.1) is 0 Å². The first-order valence-corrected chi connectivity index (χ1v) is 4.91. The summed E-state index contributed by atoms with van der Waals surface area (Å²) in [6, 6.07) is 0. The van der Waals surface area contributed by atoms with Gasteiger partial charge in [-0.2, -0.15) is 0 Å². The van der Waals surface area contributed by atoms with Crippen molar-refractivity contribution in [1.29, 1.82) is 10.8 Å². The first kappa shape index (κ1) is 15.6. The number of nitrogens with one attached hydrogen (secondary N) is 2. The highest BCUT2D eigenvalue weighted by Crippen LogP contribution is 2.01. The first-order chi connectivity index (χ1) is 8.11. The molecule has 0 aliphatic rings. The molecule has 0 heterocycles. The fourth-order valence-corrected chi connectivity index (χ4v) is 1.29. The number of amides is 4. The molecule has 0 aromatic rings. The zero-order valence-corrected chi connectivity index (χ0v) is 10.5. The Morgan fingerprint density at radius 3 is 0.889 bits per heavy atom. The van der Waals surface area contributed by atoms with Crippen LogP contribution in [0, 0.1) is 10.8 Å². The van der Waals surface area contributed by atoms with E-state index in [0.717, 1.165) is 27.7 Å². The maximum Gasteiger partial charge on any atom is 0.231 e. The molecule has 0 bridgehead atoms. The van der Waals surface area contributed by atoms with Gasteiger partial charge in [0.15, 0.2) is 11.7 Å². The summed E-state index contributed by atoms with van der Waals surface area (Å²) in [5.41, 5.74) is 0. The number of nitrogens with zero attached hydrogens (tertiary/aromatic N) is 2. The Hall–Kier alpha value is -2.38. The lowest BCUT2D eigenvalue weighted by Gasteiger charge is -2.23. The lowest BCUT2D eigenvalue weighted by molar-refractivity contribution is -0.139. The van der Waals surface area contributed by atoms with Crippen molar-refractivity contribution in [1.82, 2.24) is 9.80 Å². The Morgan fingerprint density at radius 1 is 0.611 bits per heavy atom. The Balaban J connectivity index is 5.37. The first-order valence-electron chi connectivity index (χ1n) is 4.91. The molecule has 98 valence electrons. The molecule has 0 rings (SSSR count). The summed E-state index contributed by atoms with van der Waals surface area (Å²) in [7, 11) is 0. The van der Waals surface area contributed by atoms with Crippen LogP contribution in [-0.2, 0) is 19.2 Å². The van der Waals surface area contributed by atoms with Gasteiger partial charge in [0.25, 0.3) is 0 Å². The van der Waals surface area contributed by atoms with Gasteiger partial charge in [-0.05, 0) is 0 Å². The fraction of sp³-hybridized carbons (Fsp3) is 0.400. The van der Waals surface area contributed by atoms with E-state index in [9.17, 15) is 19.2 Å². The van der Waals surface area contributed by atoms with Gasteiger partial charge in [0.1, 0.15) is 0 Å². The average Bonchev–Trinajstić information content (AvgIpc) is 2.14. The largest absolute Gasteiger partial charge is 0.281 e. The molecule has 0 saturated heterocycles. The van der Waals surface area contributed by atoms with Crippen LogP contribution in [0.3, 0.4) is 0 Å². The topological polar surface area (TPSA) is 122 Å². The molecule has 0 saturated carbocycles. The summed E-state index contributed by atoms with van der Waals surface area (Å²) < 4.78 is 0. The number of amidine groups is 2. The van der Waals surface area contributed by atoms with E-state index in [1.165, 1.54) is 0 Å². The Morgan fingerprint density at radius 2 is 0.778 bits per heavy atom. The zero-order chi connectivity index (χ0) is 14.6. The van der Waals surface area contributed by atoms with Crippen LogP contribution in [0.5, 0.6) is 0 Å². The van der Waals surface area contributed by atoms with Gasteiger partial charge in [0.2, 0.25) is 23.6 Å². The van der Waals surface area contributed by atoms with Crippen molar-refractivity contribution < 1.29 is 19.2 Å². The van der Waals surface area contributed by atoms with Crippen LogP contribution in [0.2, 0.25) is 0 Å². The van der Waals surface area contributed by atoms with Crippen LogP contribution in [0.1, 0.15) is 27.7 Å². The summed E-state index contributed by atoms with van der Waals surface area (Å²) >= 11 is 0.